The van der Waals surface area contributed by atoms with E-state index in [1.807, 2.05) is 6.07 Å². The van der Waals surface area contributed by atoms with Gasteiger partial charge in [0.2, 0.25) is 0 Å². The Morgan fingerprint density at radius 1 is 1.26 bits per heavy atom. The molecule has 1 fully saturated rings. The number of ketones is 1. The van der Waals surface area contributed by atoms with Gasteiger partial charge in [-0.15, -0.1) is 0 Å². The predicted molar refractivity (Wildman–Crippen MR) is 73.4 cm³/mol. The highest BCUT2D eigenvalue weighted by atomic mass is 16.5. The van der Waals surface area contributed by atoms with Crippen LogP contribution in [0.15, 0.2) is 18.2 Å². The van der Waals surface area contributed by atoms with Crippen molar-refractivity contribution in [3.8, 4) is 5.75 Å². The Balaban J connectivity index is 1.99. The fourth-order valence-electron chi connectivity index (χ4n) is 5.04. The van der Waals surface area contributed by atoms with Crippen LogP contribution >= 0.6 is 0 Å². The molecule has 2 aliphatic carbocycles. The van der Waals surface area contributed by atoms with E-state index >= 15 is 0 Å². The largest absolute Gasteiger partial charge is 0.492 e. The molecule has 0 bridgehead atoms. The lowest BCUT2D eigenvalue weighted by atomic mass is 9.50. The first-order valence-electron chi connectivity index (χ1n) is 7.32. The van der Waals surface area contributed by atoms with Crippen LogP contribution in [0.5, 0.6) is 5.75 Å². The highest BCUT2D eigenvalue weighted by Gasteiger charge is 2.59. The minimum absolute atomic E-state index is 0.0248. The highest BCUT2D eigenvalue weighted by molar-refractivity contribution is 5.89. The Hall–Kier alpha value is -1.31. The molecule has 100 valence electrons. The molecule has 2 nitrogen and oxygen atoms in total. The molecule has 0 aromatic heterocycles. The lowest BCUT2D eigenvalue weighted by molar-refractivity contribution is -0.133. The maximum atomic E-state index is 12.7. The van der Waals surface area contributed by atoms with E-state index in [0.29, 0.717) is 18.8 Å². The summed E-state index contributed by atoms with van der Waals surface area (Å²) in [6.07, 6.45) is 4.07. The quantitative estimate of drug-likeness (QED) is 0.712. The van der Waals surface area contributed by atoms with Crippen LogP contribution in [0.3, 0.4) is 0 Å². The molecular weight excluding hydrogens is 236 g/mol. The van der Waals surface area contributed by atoms with Crippen LogP contribution in [0, 0.1) is 11.3 Å². The minimum atomic E-state index is -0.0248. The molecule has 4 rings (SSSR count). The van der Waals surface area contributed by atoms with Gasteiger partial charge in [0.25, 0.3) is 0 Å². The van der Waals surface area contributed by atoms with Gasteiger partial charge in [-0.3, -0.25) is 4.79 Å². The zero-order chi connectivity index (χ0) is 13.3. The van der Waals surface area contributed by atoms with E-state index in [1.165, 1.54) is 17.5 Å². The fourth-order valence-corrected chi connectivity index (χ4v) is 5.04. The summed E-state index contributed by atoms with van der Waals surface area (Å²) in [6, 6.07) is 6.21. The van der Waals surface area contributed by atoms with Crippen molar-refractivity contribution < 1.29 is 9.53 Å². The molecular formula is C17H20O2. The van der Waals surface area contributed by atoms with Crippen LogP contribution < -0.4 is 4.74 Å². The van der Waals surface area contributed by atoms with Crippen molar-refractivity contribution in [3.63, 3.8) is 0 Å². The minimum Gasteiger partial charge on any atom is -0.492 e. The zero-order valence-corrected chi connectivity index (χ0v) is 11.7. The smallest absolute Gasteiger partial charge is 0.141 e. The van der Waals surface area contributed by atoms with E-state index in [1.54, 1.807) is 0 Å². The number of hydrogen-bond acceptors (Lipinski definition) is 2. The highest BCUT2D eigenvalue weighted by Crippen LogP contribution is 2.60. The zero-order valence-electron chi connectivity index (χ0n) is 11.7. The average molecular weight is 256 g/mol. The fraction of sp³-hybridized carbons (Fsp3) is 0.588. The molecule has 2 atom stereocenters. The van der Waals surface area contributed by atoms with Gasteiger partial charge >= 0.3 is 0 Å². The number of carbonyl (C=O) groups excluding carboxylic acids is 1. The van der Waals surface area contributed by atoms with Gasteiger partial charge in [-0.1, -0.05) is 32.4 Å². The van der Waals surface area contributed by atoms with Gasteiger partial charge in [0.1, 0.15) is 11.5 Å². The first-order valence-corrected chi connectivity index (χ1v) is 7.32. The molecule has 1 aromatic rings. The van der Waals surface area contributed by atoms with Crippen LogP contribution in [0.2, 0.25) is 0 Å². The molecule has 0 saturated heterocycles. The maximum absolute atomic E-state index is 12.7. The summed E-state index contributed by atoms with van der Waals surface area (Å²) < 4.78 is 5.97. The summed E-state index contributed by atoms with van der Waals surface area (Å²) in [6.45, 7) is 5.24. The van der Waals surface area contributed by atoms with Gasteiger partial charge in [-0.25, -0.2) is 0 Å². The maximum Gasteiger partial charge on any atom is 0.141 e. The molecule has 1 aliphatic heterocycles. The standard InChI is InChI=1S/C17H20O2/c1-16(2)7-4-8-17-10-19-13-6-3-5-11(14(13)17)9-12(18)15(16)17/h3,5-6,15H,4,7-10H2,1-2H3/t15-,17+/m1/s1. The second-order valence-electron chi connectivity index (χ2n) is 7.15. The second kappa shape index (κ2) is 3.41. The molecule has 0 radical (unpaired) electrons. The molecule has 1 spiro atoms. The van der Waals surface area contributed by atoms with Gasteiger partial charge in [-0.05, 0) is 29.9 Å². The molecule has 0 N–H and O–H groups in total. The number of Topliss-reactive ketones (excluding diaryl/α,β-unsaturated/α-hetero) is 1. The molecule has 1 aromatic carbocycles. The first-order chi connectivity index (χ1) is 9.05. The van der Waals surface area contributed by atoms with Crippen LogP contribution in [-0.2, 0) is 16.6 Å². The first kappa shape index (κ1) is 11.5. The van der Waals surface area contributed by atoms with Gasteiger partial charge in [0.15, 0.2) is 0 Å². The van der Waals surface area contributed by atoms with Crippen molar-refractivity contribution in [2.45, 2.75) is 44.9 Å². The Morgan fingerprint density at radius 2 is 2.11 bits per heavy atom. The van der Waals surface area contributed by atoms with Crippen molar-refractivity contribution in [2.75, 3.05) is 6.61 Å². The van der Waals surface area contributed by atoms with Gasteiger partial charge in [0, 0.05) is 23.3 Å². The SMILES string of the molecule is CC1(C)CCC[C@]23COc4cccc(c42)CC(=O)[C@H]13. The van der Waals surface area contributed by atoms with Crippen LogP contribution in [0.25, 0.3) is 0 Å². The Labute approximate surface area is 114 Å². The monoisotopic (exact) mass is 256 g/mol. The third-order valence-electron chi connectivity index (χ3n) is 5.56. The van der Waals surface area contributed by atoms with E-state index < -0.39 is 0 Å². The van der Waals surface area contributed by atoms with Crippen molar-refractivity contribution in [1.82, 2.24) is 0 Å². The van der Waals surface area contributed by atoms with Crippen molar-refractivity contribution in [1.29, 1.82) is 0 Å². The summed E-state index contributed by atoms with van der Waals surface area (Å²) in [5, 5.41) is 0. The van der Waals surface area contributed by atoms with Crippen LogP contribution in [0.4, 0.5) is 0 Å². The molecule has 1 heterocycles. The molecule has 19 heavy (non-hydrogen) atoms. The molecule has 2 heteroatoms. The Kier molecular flexibility index (Phi) is 2.07. The molecule has 0 unspecified atom stereocenters. The number of rotatable bonds is 0. The Morgan fingerprint density at radius 3 is 2.95 bits per heavy atom. The summed E-state index contributed by atoms with van der Waals surface area (Å²) in [5.41, 5.74) is 2.66. The number of ether oxygens (including phenoxy) is 1. The lowest BCUT2D eigenvalue weighted by Gasteiger charge is -2.51. The van der Waals surface area contributed by atoms with E-state index in [2.05, 4.69) is 26.0 Å². The van der Waals surface area contributed by atoms with Crippen molar-refractivity contribution in [3.05, 3.63) is 29.3 Å². The third kappa shape index (κ3) is 1.30. The summed E-state index contributed by atoms with van der Waals surface area (Å²) >= 11 is 0. The molecule has 0 amide bonds. The van der Waals surface area contributed by atoms with Crippen LogP contribution in [0.1, 0.15) is 44.2 Å². The number of hydrogen-bond donors (Lipinski definition) is 0. The topological polar surface area (TPSA) is 26.3 Å². The van der Waals surface area contributed by atoms with E-state index in [-0.39, 0.29) is 16.7 Å². The average Bonchev–Trinajstić information content (AvgIpc) is 2.69. The van der Waals surface area contributed by atoms with E-state index in [4.69, 9.17) is 4.74 Å². The van der Waals surface area contributed by atoms with Gasteiger partial charge in [-0.2, -0.15) is 0 Å². The van der Waals surface area contributed by atoms with Crippen LogP contribution in [-0.4, -0.2) is 12.4 Å². The van der Waals surface area contributed by atoms with Gasteiger partial charge in [0.05, 0.1) is 6.61 Å². The summed E-state index contributed by atoms with van der Waals surface area (Å²) in [4.78, 5) is 12.7. The Bertz CT molecular complexity index is 569. The second-order valence-corrected chi connectivity index (χ2v) is 7.15. The summed E-state index contributed by atoms with van der Waals surface area (Å²) in [7, 11) is 0. The number of benzene rings is 1. The predicted octanol–water partition coefficient (Wildman–Crippen LogP) is 3.27. The van der Waals surface area contributed by atoms with Crippen molar-refractivity contribution in [2.24, 2.45) is 11.3 Å². The van der Waals surface area contributed by atoms with Crippen molar-refractivity contribution >= 4 is 5.78 Å². The third-order valence-corrected chi connectivity index (χ3v) is 5.56. The number of carbonyl (C=O) groups is 1. The lowest BCUT2D eigenvalue weighted by Crippen LogP contribution is -2.54. The molecule has 1 saturated carbocycles. The van der Waals surface area contributed by atoms with E-state index in [9.17, 15) is 4.79 Å². The normalized spacial score (nSPS) is 34.4. The van der Waals surface area contributed by atoms with E-state index in [0.717, 1.165) is 18.6 Å². The van der Waals surface area contributed by atoms with Gasteiger partial charge < -0.3 is 4.74 Å². The molecule has 3 aliphatic rings. The summed E-state index contributed by atoms with van der Waals surface area (Å²) in [5.74, 6) is 1.61.